The summed E-state index contributed by atoms with van der Waals surface area (Å²) in [5, 5.41) is 14.2. The van der Waals surface area contributed by atoms with Gasteiger partial charge in [0, 0.05) is 17.8 Å². The van der Waals surface area contributed by atoms with Crippen molar-refractivity contribution >= 4 is 17.6 Å². The first-order chi connectivity index (χ1) is 13.5. The summed E-state index contributed by atoms with van der Waals surface area (Å²) in [5.74, 6) is -0.0626. The molecule has 7 heteroatoms. The van der Waals surface area contributed by atoms with Crippen LogP contribution in [0.5, 0.6) is 11.5 Å². The Bertz CT molecular complexity index is 958. The van der Waals surface area contributed by atoms with Gasteiger partial charge in [-0.3, -0.25) is 4.79 Å². The van der Waals surface area contributed by atoms with E-state index in [1.54, 1.807) is 24.3 Å². The highest BCUT2D eigenvalue weighted by molar-refractivity contribution is 5.96. The molecule has 0 saturated carbocycles. The van der Waals surface area contributed by atoms with Crippen LogP contribution in [0.15, 0.2) is 79.0 Å². The smallest absolute Gasteiger partial charge is 0.405 e. The molecule has 7 nitrogen and oxygen atoms in total. The van der Waals surface area contributed by atoms with E-state index in [1.165, 1.54) is 31.3 Å². The van der Waals surface area contributed by atoms with Gasteiger partial charge in [0.2, 0.25) is 0 Å². The third-order valence-corrected chi connectivity index (χ3v) is 3.79. The summed E-state index contributed by atoms with van der Waals surface area (Å²) >= 11 is 0. The van der Waals surface area contributed by atoms with Gasteiger partial charge in [-0.1, -0.05) is 18.2 Å². The Morgan fingerprint density at radius 2 is 1.57 bits per heavy atom. The van der Waals surface area contributed by atoms with Crippen LogP contribution in [0.25, 0.3) is 0 Å². The zero-order valence-electron chi connectivity index (χ0n) is 15.1. The molecule has 3 rings (SSSR count). The van der Waals surface area contributed by atoms with E-state index in [1.807, 2.05) is 30.3 Å². The van der Waals surface area contributed by atoms with E-state index < -0.39 is 18.0 Å². The molecule has 0 saturated heterocycles. The first kappa shape index (κ1) is 18.9. The maximum absolute atomic E-state index is 12.2. The van der Waals surface area contributed by atoms with Gasteiger partial charge >= 0.3 is 11.7 Å². The lowest BCUT2D eigenvalue weighted by molar-refractivity contribution is -0.608. The number of carbonyl (C=O) groups is 2. The van der Waals surface area contributed by atoms with Gasteiger partial charge < -0.3 is 20.0 Å². The second-order valence-electron chi connectivity index (χ2n) is 5.89. The molecule has 142 valence electrons. The Hall–Kier alpha value is -3.87. The second-order valence-corrected chi connectivity index (χ2v) is 5.89. The molecular weight excluding hydrogens is 360 g/mol. The van der Waals surface area contributed by atoms with Crippen molar-refractivity contribution in [3.8, 4) is 11.5 Å². The maximum Gasteiger partial charge on any atom is 0.405 e. The number of nitrogens with zero attached hydrogens (tertiary/aromatic N) is 1. The fourth-order valence-electron chi connectivity index (χ4n) is 2.34. The van der Waals surface area contributed by atoms with Crippen molar-refractivity contribution in [2.45, 2.75) is 13.0 Å². The van der Waals surface area contributed by atoms with Crippen LogP contribution in [-0.2, 0) is 9.53 Å². The molecule has 2 aromatic carbocycles. The van der Waals surface area contributed by atoms with Gasteiger partial charge in [0.15, 0.2) is 12.3 Å². The highest BCUT2D eigenvalue weighted by Crippen LogP contribution is 2.22. The zero-order valence-corrected chi connectivity index (χ0v) is 15.1. The van der Waals surface area contributed by atoms with Gasteiger partial charge in [-0.05, 0) is 49.4 Å². The van der Waals surface area contributed by atoms with Crippen molar-refractivity contribution in [3.05, 3.63) is 89.9 Å². The first-order valence-corrected chi connectivity index (χ1v) is 8.56. The van der Waals surface area contributed by atoms with Crippen LogP contribution in [0.4, 0.5) is 5.69 Å². The number of benzene rings is 2. The van der Waals surface area contributed by atoms with E-state index in [0.29, 0.717) is 21.9 Å². The molecule has 1 N–H and O–H groups in total. The van der Waals surface area contributed by atoms with E-state index in [9.17, 15) is 14.8 Å². The Balaban J connectivity index is 1.56. The standard InChI is InChI=1S/C21H18N2O5/c1-15(27-21(25)19-9-5-6-14-23(19)26)20(24)22-16-10-12-18(13-11-16)28-17-7-3-2-4-8-17/h2-15H,1H3,(H,22,24)/t15-/m1/s1. The lowest BCUT2D eigenvalue weighted by Crippen LogP contribution is -2.37. The third-order valence-electron chi connectivity index (χ3n) is 3.79. The van der Waals surface area contributed by atoms with Crippen molar-refractivity contribution in [2.75, 3.05) is 5.32 Å². The number of para-hydroxylation sites is 1. The number of amides is 1. The van der Waals surface area contributed by atoms with Crippen LogP contribution >= 0.6 is 0 Å². The number of nitrogens with one attached hydrogen (secondary N) is 1. The molecule has 3 aromatic rings. The molecule has 1 aromatic heterocycles. The Morgan fingerprint density at radius 1 is 0.929 bits per heavy atom. The van der Waals surface area contributed by atoms with Crippen LogP contribution in [0.3, 0.4) is 0 Å². The number of carbonyl (C=O) groups excluding carboxylic acids is 2. The van der Waals surface area contributed by atoms with Gasteiger partial charge in [0.1, 0.15) is 11.5 Å². The highest BCUT2D eigenvalue weighted by Gasteiger charge is 2.23. The number of hydrogen-bond acceptors (Lipinski definition) is 5. The summed E-state index contributed by atoms with van der Waals surface area (Å²) in [4.78, 5) is 24.2. The monoisotopic (exact) mass is 378 g/mol. The predicted octanol–water partition coefficient (Wildman–Crippen LogP) is 3.30. The second kappa shape index (κ2) is 8.68. The molecule has 0 spiro atoms. The topological polar surface area (TPSA) is 91.6 Å². The molecule has 0 aliphatic rings. The average Bonchev–Trinajstić information content (AvgIpc) is 2.70. The van der Waals surface area contributed by atoms with Crippen LogP contribution in [0, 0.1) is 5.21 Å². The van der Waals surface area contributed by atoms with Crippen LogP contribution < -0.4 is 14.8 Å². The van der Waals surface area contributed by atoms with Gasteiger partial charge in [-0.15, -0.1) is 0 Å². The molecule has 28 heavy (non-hydrogen) atoms. The van der Waals surface area contributed by atoms with Crippen molar-refractivity contribution in [1.29, 1.82) is 0 Å². The minimum absolute atomic E-state index is 0.190. The Kier molecular flexibility index (Phi) is 5.86. The maximum atomic E-state index is 12.2. The largest absolute Gasteiger partial charge is 0.618 e. The van der Waals surface area contributed by atoms with Gasteiger partial charge in [0.25, 0.3) is 5.91 Å². The number of rotatable bonds is 6. The molecule has 0 radical (unpaired) electrons. The summed E-state index contributed by atoms with van der Waals surface area (Å²) in [7, 11) is 0. The number of pyridine rings is 1. The van der Waals surface area contributed by atoms with Gasteiger partial charge in [-0.2, -0.15) is 4.73 Å². The molecule has 0 aliphatic carbocycles. The molecule has 0 unspecified atom stereocenters. The summed E-state index contributed by atoms with van der Waals surface area (Å²) in [6.45, 7) is 1.43. The normalized spacial score (nSPS) is 11.3. The van der Waals surface area contributed by atoms with E-state index in [-0.39, 0.29) is 5.69 Å². The van der Waals surface area contributed by atoms with Crippen molar-refractivity contribution in [2.24, 2.45) is 0 Å². The lowest BCUT2D eigenvalue weighted by Gasteiger charge is -2.13. The quantitative estimate of drug-likeness (QED) is 0.404. The number of hydrogen-bond donors (Lipinski definition) is 1. The number of ether oxygens (including phenoxy) is 2. The summed E-state index contributed by atoms with van der Waals surface area (Å²) in [5.41, 5.74) is 0.330. The van der Waals surface area contributed by atoms with E-state index >= 15 is 0 Å². The van der Waals surface area contributed by atoms with E-state index in [4.69, 9.17) is 9.47 Å². The van der Waals surface area contributed by atoms with Crippen LogP contribution in [0.2, 0.25) is 0 Å². The van der Waals surface area contributed by atoms with Crippen molar-refractivity contribution in [1.82, 2.24) is 0 Å². The van der Waals surface area contributed by atoms with Crippen LogP contribution in [-0.4, -0.2) is 18.0 Å². The number of aromatic nitrogens is 1. The molecule has 0 bridgehead atoms. The third kappa shape index (κ3) is 4.85. The first-order valence-electron chi connectivity index (χ1n) is 8.56. The fourth-order valence-corrected chi connectivity index (χ4v) is 2.34. The lowest BCUT2D eigenvalue weighted by atomic mass is 10.2. The number of anilines is 1. The molecule has 1 atom stereocenters. The summed E-state index contributed by atoms with van der Waals surface area (Å²) in [6.07, 6.45) is 0.105. The SMILES string of the molecule is C[C@@H](OC(=O)c1cccc[n+]1[O-])C(=O)Nc1ccc(Oc2ccccc2)cc1. The fraction of sp³-hybridized carbons (Fsp3) is 0.0952. The molecule has 0 fully saturated rings. The molecule has 1 amide bonds. The number of esters is 1. The molecule has 0 aliphatic heterocycles. The van der Waals surface area contributed by atoms with E-state index in [0.717, 1.165) is 0 Å². The minimum atomic E-state index is -1.08. The van der Waals surface area contributed by atoms with E-state index in [2.05, 4.69) is 5.32 Å². The minimum Gasteiger partial charge on any atom is -0.618 e. The Labute approximate surface area is 161 Å². The van der Waals surface area contributed by atoms with Gasteiger partial charge in [0.05, 0.1) is 0 Å². The van der Waals surface area contributed by atoms with Crippen molar-refractivity contribution in [3.63, 3.8) is 0 Å². The average molecular weight is 378 g/mol. The van der Waals surface area contributed by atoms with Gasteiger partial charge in [-0.25, -0.2) is 4.79 Å². The highest BCUT2D eigenvalue weighted by atomic mass is 16.6. The van der Waals surface area contributed by atoms with Crippen molar-refractivity contribution < 1.29 is 23.8 Å². The Morgan fingerprint density at radius 3 is 2.25 bits per heavy atom. The molecule has 1 heterocycles. The zero-order chi connectivity index (χ0) is 19.9. The molecular formula is C21H18N2O5. The summed E-state index contributed by atoms with van der Waals surface area (Å²) < 4.78 is 11.1. The predicted molar refractivity (Wildman–Crippen MR) is 102 cm³/mol. The van der Waals surface area contributed by atoms with Crippen LogP contribution in [0.1, 0.15) is 17.4 Å². The summed E-state index contributed by atoms with van der Waals surface area (Å²) in [6, 6.07) is 20.4.